The fourth-order valence-corrected chi connectivity index (χ4v) is 2.19. The average molecular weight is 250 g/mol. The Morgan fingerprint density at radius 2 is 2.14 bits per heavy atom. The second-order valence-corrected chi connectivity index (χ2v) is 5.01. The van der Waals surface area contributed by atoms with Gasteiger partial charge in [-0.15, -0.1) is 11.3 Å². The van der Waals surface area contributed by atoms with Crippen molar-refractivity contribution in [3.8, 4) is 0 Å². The van der Waals surface area contributed by atoms with Gasteiger partial charge in [-0.1, -0.05) is 37.0 Å². The molecule has 0 saturated carbocycles. The van der Waals surface area contributed by atoms with Crippen LogP contribution in [0.1, 0.15) is 18.7 Å². The Balaban J connectivity index is 3.05. The van der Waals surface area contributed by atoms with Crippen LogP contribution in [-0.2, 0) is 4.79 Å². The van der Waals surface area contributed by atoms with E-state index >= 15 is 0 Å². The second kappa shape index (κ2) is 4.91. The monoisotopic (exact) mass is 249 g/mol. The largest absolute Gasteiger partial charge is 0.298 e. The summed E-state index contributed by atoms with van der Waals surface area (Å²) in [5.41, 5.74) is 0.687. The van der Waals surface area contributed by atoms with Crippen LogP contribution in [0.25, 0.3) is 6.08 Å². The number of nitrogens with zero attached hydrogens (tertiary/aromatic N) is 1. The summed E-state index contributed by atoms with van der Waals surface area (Å²) >= 11 is 12.7. The van der Waals surface area contributed by atoms with Crippen LogP contribution >= 0.6 is 34.5 Å². The first kappa shape index (κ1) is 11.7. The number of carbonyl (C=O) groups excluding carboxylic acids is 1. The SMILES string of the molecule is CC(C)/C(C=O)=C/c1sc(Cl)nc1Cl. The van der Waals surface area contributed by atoms with Crippen LogP contribution in [0.15, 0.2) is 5.57 Å². The predicted molar refractivity (Wildman–Crippen MR) is 61.0 cm³/mol. The van der Waals surface area contributed by atoms with Gasteiger partial charge < -0.3 is 0 Å². The van der Waals surface area contributed by atoms with Gasteiger partial charge >= 0.3 is 0 Å². The van der Waals surface area contributed by atoms with E-state index in [0.717, 1.165) is 11.2 Å². The minimum Gasteiger partial charge on any atom is -0.298 e. The maximum absolute atomic E-state index is 10.7. The van der Waals surface area contributed by atoms with E-state index in [1.54, 1.807) is 6.08 Å². The topological polar surface area (TPSA) is 30.0 Å². The summed E-state index contributed by atoms with van der Waals surface area (Å²) in [6.07, 6.45) is 2.55. The zero-order valence-corrected chi connectivity index (χ0v) is 10.1. The number of aromatic nitrogens is 1. The maximum Gasteiger partial charge on any atom is 0.185 e. The molecule has 1 rings (SSSR count). The molecule has 76 valence electrons. The molecule has 0 saturated heterocycles. The van der Waals surface area contributed by atoms with Gasteiger partial charge in [-0.05, 0) is 17.6 Å². The Morgan fingerprint density at radius 3 is 2.50 bits per heavy atom. The van der Waals surface area contributed by atoms with Gasteiger partial charge in [0.25, 0.3) is 0 Å². The summed E-state index contributed by atoms with van der Waals surface area (Å²) in [7, 11) is 0. The fraction of sp³-hybridized carbons (Fsp3) is 0.333. The molecule has 0 bridgehead atoms. The first-order chi connectivity index (χ1) is 6.54. The predicted octanol–water partition coefficient (Wildman–Crippen LogP) is 3.69. The summed E-state index contributed by atoms with van der Waals surface area (Å²) < 4.78 is 0.384. The number of allylic oxidation sites excluding steroid dienone is 1. The lowest BCUT2D eigenvalue weighted by Gasteiger charge is -2.01. The molecule has 1 aromatic rings. The molecule has 0 aliphatic carbocycles. The van der Waals surface area contributed by atoms with Crippen LogP contribution in [-0.4, -0.2) is 11.3 Å². The molecule has 0 amide bonds. The molecule has 1 heterocycles. The smallest absolute Gasteiger partial charge is 0.185 e. The van der Waals surface area contributed by atoms with Crippen LogP contribution in [0.5, 0.6) is 0 Å². The van der Waals surface area contributed by atoms with Crippen molar-refractivity contribution < 1.29 is 4.79 Å². The average Bonchev–Trinajstić information content (AvgIpc) is 2.40. The number of rotatable bonds is 3. The first-order valence-corrected chi connectivity index (χ1v) is 5.60. The minimum atomic E-state index is 0.171. The molecule has 0 unspecified atom stereocenters. The number of halogens is 2. The lowest BCUT2D eigenvalue weighted by atomic mass is 10.0. The normalized spacial score (nSPS) is 12.2. The van der Waals surface area contributed by atoms with E-state index in [-0.39, 0.29) is 5.92 Å². The van der Waals surface area contributed by atoms with Gasteiger partial charge in [0.1, 0.15) is 11.4 Å². The van der Waals surface area contributed by atoms with E-state index in [0.29, 0.717) is 15.2 Å². The van der Waals surface area contributed by atoms with Crippen LogP contribution < -0.4 is 0 Å². The number of carbonyl (C=O) groups is 1. The second-order valence-electron chi connectivity index (χ2n) is 3.04. The number of thiazole rings is 1. The fourth-order valence-electron chi connectivity index (χ4n) is 0.865. The van der Waals surface area contributed by atoms with E-state index in [1.165, 1.54) is 11.3 Å². The van der Waals surface area contributed by atoms with Gasteiger partial charge in [-0.25, -0.2) is 4.98 Å². The van der Waals surface area contributed by atoms with Crippen LogP contribution in [0.3, 0.4) is 0 Å². The van der Waals surface area contributed by atoms with Gasteiger partial charge in [0.15, 0.2) is 4.47 Å². The Morgan fingerprint density at radius 1 is 1.50 bits per heavy atom. The van der Waals surface area contributed by atoms with Crippen molar-refractivity contribution in [3.63, 3.8) is 0 Å². The molecule has 5 heteroatoms. The van der Waals surface area contributed by atoms with Crippen molar-refractivity contribution in [1.82, 2.24) is 4.98 Å². The van der Waals surface area contributed by atoms with E-state index in [4.69, 9.17) is 23.2 Å². The van der Waals surface area contributed by atoms with Gasteiger partial charge in [0.05, 0.1) is 4.88 Å². The van der Waals surface area contributed by atoms with Crippen molar-refractivity contribution in [3.05, 3.63) is 20.1 Å². The standard InChI is InChI=1S/C9H9Cl2NOS/c1-5(2)6(4-13)3-7-8(10)12-9(11)14-7/h3-5H,1-2H3/b6-3+. The molecular weight excluding hydrogens is 241 g/mol. The molecule has 0 radical (unpaired) electrons. The highest BCUT2D eigenvalue weighted by atomic mass is 35.5. The van der Waals surface area contributed by atoms with Crippen molar-refractivity contribution in [2.75, 3.05) is 0 Å². The van der Waals surface area contributed by atoms with Crippen LogP contribution in [0, 0.1) is 5.92 Å². The van der Waals surface area contributed by atoms with E-state index in [9.17, 15) is 4.79 Å². The third-order valence-corrected chi connectivity index (χ3v) is 3.19. The maximum atomic E-state index is 10.7. The molecule has 0 atom stereocenters. The Labute approximate surface area is 96.6 Å². The number of hydrogen-bond acceptors (Lipinski definition) is 3. The summed E-state index contributed by atoms with van der Waals surface area (Å²) in [6, 6.07) is 0. The molecule has 0 aliphatic heterocycles. The van der Waals surface area contributed by atoms with Crippen molar-refractivity contribution in [2.24, 2.45) is 5.92 Å². The molecule has 0 spiro atoms. The van der Waals surface area contributed by atoms with Crippen molar-refractivity contribution in [2.45, 2.75) is 13.8 Å². The molecular formula is C9H9Cl2NOS. The van der Waals surface area contributed by atoms with Crippen molar-refractivity contribution in [1.29, 1.82) is 0 Å². The highest BCUT2D eigenvalue weighted by Crippen LogP contribution is 2.29. The Kier molecular flexibility index (Phi) is 4.11. The van der Waals surface area contributed by atoms with E-state index in [2.05, 4.69) is 4.98 Å². The molecule has 14 heavy (non-hydrogen) atoms. The molecule has 0 aromatic carbocycles. The van der Waals surface area contributed by atoms with Gasteiger partial charge in [-0.2, -0.15) is 0 Å². The van der Waals surface area contributed by atoms with E-state index < -0.39 is 0 Å². The van der Waals surface area contributed by atoms with Gasteiger partial charge in [0, 0.05) is 0 Å². The first-order valence-electron chi connectivity index (χ1n) is 4.03. The lowest BCUT2D eigenvalue weighted by Crippen LogP contribution is -1.94. The Bertz CT molecular complexity index is 371. The van der Waals surface area contributed by atoms with Crippen molar-refractivity contribution >= 4 is 46.9 Å². The third kappa shape index (κ3) is 2.80. The minimum absolute atomic E-state index is 0.171. The summed E-state index contributed by atoms with van der Waals surface area (Å²) in [4.78, 5) is 15.3. The Hall–Kier alpha value is -0.380. The lowest BCUT2D eigenvalue weighted by molar-refractivity contribution is -0.105. The number of hydrogen-bond donors (Lipinski definition) is 0. The molecule has 0 N–H and O–H groups in total. The van der Waals surface area contributed by atoms with Crippen LogP contribution in [0.2, 0.25) is 9.62 Å². The highest BCUT2D eigenvalue weighted by molar-refractivity contribution is 7.17. The highest BCUT2D eigenvalue weighted by Gasteiger charge is 2.08. The van der Waals surface area contributed by atoms with Crippen LogP contribution in [0.4, 0.5) is 0 Å². The summed E-state index contributed by atoms with van der Waals surface area (Å²) in [6.45, 7) is 3.88. The number of aldehydes is 1. The third-order valence-electron chi connectivity index (χ3n) is 1.68. The zero-order chi connectivity index (χ0) is 10.7. The summed E-state index contributed by atoms with van der Waals surface area (Å²) in [5.74, 6) is 0.171. The van der Waals surface area contributed by atoms with Gasteiger partial charge in [-0.3, -0.25) is 4.79 Å². The molecule has 2 nitrogen and oxygen atoms in total. The molecule has 0 aliphatic rings. The van der Waals surface area contributed by atoms with E-state index in [1.807, 2.05) is 13.8 Å². The quantitative estimate of drug-likeness (QED) is 0.604. The summed E-state index contributed by atoms with van der Waals surface area (Å²) in [5, 5.41) is 0.347. The van der Waals surface area contributed by atoms with Gasteiger partial charge in [0.2, 0.25) is 0 Å². The zero-order valence-electron chi connectivity index (χ0n) is 7.75. The molecule has 0 fully saturated rings. The molecule has 1 aromatic heterocycles.